The first kappa shape index (κ1) is 22.7. The molecular formula is C28H29NO4S. The molecule has 1 heterocycles. The van der Waals surface area contributed by atoms with Gasteiger partial charge in [-0.2, -0.15) is 0 Å². The van der Waals surface area contributed by atoms with Gasteiger partial charge in [-0.15, -0.1) is 0 Å². The lowest BCUT2D eigenvalue weighted by Gasteiger charge is -2.46. The Bertz CT molecular complexity index is 1300. The van der Waals surface area contributed by atoms with Gasteiger partial charge in [0.15, 0.2) is 0 Å². The average Bonchev–Trinajstić information content (AvgIpc) is 3.15. The Morgan fingerprint density at radius 3 is 2.38 bits per heavy atom. The van der Waals surface area contributed by atoms with Crippen molar-refractivity contribution in [2.75, 3.05) is 11.4 Å². The van der Waals surface area contributed by atoms with Crippen LogP contribution in [0.15, 0.2) is 83.8 Å². The number of carbonyl (C=O) groups excluding carboxylic acids is 1. The SMILES string of the molecule is COC(=O)[C@@H]1CCC[C@@]2(Cc3ccccc3)c3ccccc3N(S(=O)(=O)c3ccc(C)cc3)[C@@H]12. The van der Waals surface area contributed by atoms with Gasteiger partial charge in [0.25, 0.3) is 10.0 Å². The highest BCUT2D eigenvalue weighted by molar-refractivity contribution is 7.92. The van der Waals surface area contributed by atoms with Gasteiger partial charge in [-0.25, -0.2) is 8.42 Å². The van der Waals surface area contributed by atoms with Crippen molar-refractivity contribution in [2.24, 2.45) is 5.92 Å². The number of benzene rings is 3. The molecule has 0 saturated heterocycles. The summed E-state index contributed by atoms with van der Waals surface area (Å²) in [7, 11) is -2.53. The van der Waals surface area contributed by atoms with E-state index in [0.717, 1.165) is 29.5 Å². The first-order valence-electron chi connectivity index (χ1n) is 11.7. The van der Waals surface area contributed by atoms with E-state index in [2.05, 4.69) is 12.1 Å². The highest BCUT2D eigenvalue weighted by Crippen LogP contribution is 2.57. The number of aryl methyl sites for hydroxylation is 1. The molecular weight excluding hydrogens is 446 g/mol. The molecule has 0 radical (unpaired) electrons. The summed E-state index contributed by atoms with van der Waals surface area (Å²) >= 11 is 0. The van der Waals surface area contributed by atoms with E-state index in [0.29, 0.717) is 18.5 Å². The van der Waals surface area contributed by atoms with E-state index in [9.17, 15) is 13.2 Å². The van der Waals surface area contributed by atoms with Crippen molar-refractivity contribution < 1.29 is 17.9 Å². The summed E-state index contributed by atoms with van der Waals surface area (Å²) in [6, 6.07) is 24.3. The molecule has 0 N–H and O–H groups in total. The topological polar surface area (TPSA) is 63.7 Å². The van der Waals surface area contributed by atoms with Crippen LogP contribution in [-0.4, -0.2) is 27.5 Å². The summed E-state index contributed by atoms with van der Waals surface area (Å²) in [5.41, 5.74) is 3.26. The van der Waals surface area contributed by atoms with E-state index in [4.69, 9.17) is 4.74 Å². The van der Waals surface area contributed by atoms with E-state index in [1.807, 2.05) is 61.5 Å². The normalized spacial score (nSPS) is 23.8. The molecule has 0 spiro atoms. The van der Waals surface area contributed by atoms with Gasteiger partial charge < -0.3 is 4.74 Å². The van der Waals surface area contributed by atoms with E-state index in [-0.39, 0.29) is 10.9 Å². The van der Waals surface area contributed by atoms with Gasteiger partial charge in [0.2, 0.25) is 0 Å². The largest absolute Gasteiger partial charge is 0.469 e. The summed E-state index contributed by atoms with van der Waals surface area (Å²) in [5.74, 6) is -0.894. The maximum absolute atomic E-state index is 14.2. The minimum Gasteiger partial charge on any atom is -0.469 e. The average molecular weight is 476 g/mol. The summed E-state index contributed by atoms with van der Waals surface area (Å²) in [6.07, 6.45) is 2.89. The molecule has 2 aliphatic rings. The molecule has 1 aliphatic heterocycles. The number of esters is 1. The second-order valence-electron chi connectivity index (χ2n) is 9.42. The van der Waals surface area contributed by atoms with Crippen LogP contribution in [-0.2, 0) is 31.4 Å². The van der Waals surface area contributed by atoms with Gasteiger partial charge in [0.05, 0.1) is 29.7 Å². The fraction of sp³-hybridized carbons (Fsp3) is 0.321. The Morgan fingerprint density at radius 1 is 1.00 bits per heavy atom. The number of anilines is 1. The van der Waals surface area contributed by atoms with E-state index in [1.165, 1.54) is 11.4 Å². The summed E-state index contributed by atoms with van der Waals surface area (Å²) in [5, 5.41) is 0. The lowest BCUT2D eigenvalue weighted by Crippen LogP contribution is -2.56. The molecule has 3 aromatic rings. The van der Waals surface area contributed by atoms with E-state index in [1.54, 1.807) is 12.1 Å². The van der Waals surface area contributed by atoms with Crippen LogP contribution in [0.1, 0.15) is 36.0 Å². The van der Waals surface area contributed by atoms with Crippen LogP contribution >= 0.6 is 0 Å². The van der Waals surface area contributed by atoms with Crippen LogP contribution < -0.4 is 4.31 Å². The summed E-state index contributed by atoms with van der Waals surface area (Å²) in [4.78, 5) is 13.3. The first-order valence-corrected chi connectivity index (χ1v) is 13.1. The van der Waals surface area contributed by atoms with Gasteiger partial charge in [-0.1, -0.05) is 72.6 Å². The predicted octanol–water partition coefficient (Wildman–Crippen LogP) is 5.03. The number of hydrogen-bond donors (Lipinski definition) is 0. The molecule has 0 aromatic heterocycles. The van der Waals surface area contributed by atoms with Crippen molar-refractivity contribution in [3.8, 4) is 0 Å². The molecule has 0 bridgehead atoms. The quantitative estimate of drug-likeness (QED) is 0.486. The maximum Gasteiger partial charge on any atom is 0.310 e. The van der Waals surface area contributed by atoms with Crippen molar-refractivity contribution in [1.29, 1.82) is 0 Å². The fourth-order valence-electron chi connectivity index (χ4n) is 6.00. The summed E-state index contributed by atoms with van der Waals surface area (Å²) in [6.45, 7) is 1.93. The van der Waals surface area contributed by atoms with E-state index < -0.39 is 27.4 Å². The van der Waals surface area contributed by atoms with Gasteiger partial charge >= 0.3 is 5.97 Å². The molecule has 1 saturated carbocycles. The Kier molecular flexibility index (Phi) is 5.72. The van der Waals surface area contributed by atoms with E-state index >= 15 is 0 Å². The molecule has 5 nitrogen and oxygen atoms in total. The smallest absolute Gasteiger partial charge is 0.310 e. The number of rotatable bonds is 5. The second kappa shape index (κ2) is 8.58. The number of hydrogen-bond acceptors (Lipinski definition) is 4. The number of fused-ring (bicyclic) bond motifs is 3. The minimum atomic E-state index is -3.92. The summed E-state index contributed by atoms with van der Waals surface area (Å²) < 4.78 is 35.1. The van der Waals surface area contributed by atoms with Crippen LogP contribution in [0.25, 0.3) is 0 Å². The van der Waals surface area contributed by atoms with Gasteiger partial charge in [-0.05, 0) is 55.5 Å². The van der Waals surface area contributed by atoms with Gasteiger partial charge in [0.1, 0.15) is 0 Å². The zero-order valence-corrected chi connectivity index (χ0v) is 20.3. The molecule has 6 heteroatoms. The van der Waals surface area contributed by atoms with Gasteiger partial charge in [-0.3, -0.25) is 9.10 Å². The molecule has 176 valence electrons. The lowest BCUT2D eigenvalue weighted by molar-refractivity contribution is -0.148. The molecule has 3 aromatic carbocycles. The third-order valence-corrected chi connectivity index (χ3v) is 9.27. The zero-order chi connectivity index (χ0) is 23.9. The lowest BCUT2D eigenvalue weighted by atomic mass is 9.61. The fourth-order valence-corrected chi connectivity index (χ4v) is 7.77. The molecule has 3 atom stereocenters. The number of methoxy groups -OCH3 is 1. The Morgan fingerprint density at radius 2 is 1.68 bits per heavy atom. The standard InChI is InChI=1S/C28H29NO4S/c1-20-14-16-22(17-15-20)34(31,32)29-25-13-7-6-12-24(25)28(19-21-9-4-3-5-10-21)18-8-11-23(26(28)29)27(30)33-2/h3-7,9-10,12-17,23,26H,8,11,18-19H2,1-2H3/t23-,26+,28-/m1/s1. The molecule has 5 rings (SSSR count). The van der Waals surface area contributed by atoms with Crippen molar-refractivity contribution in [1.82, 2.24) is 0 Å². The number of carbonyl (C=O) groups is 1. The second-order valence-corrected chi connectivity index (χ2v) is 11.2. The van der Waals surface area contributed by atoms with Crippen LogP contribution in [0.3, 0.4) is 0 Å². The third-order valence-electron chi connectivity index (χ3n) is 7.46. The Balaban J connectivity index is 1.74. The highest BCUT2D eigenvalue weighted by Gasteiger charge is 2.60. The number of sulfonamides is 1. The van der Waals surface area contributed by atoms with Crippen LogP contribution in [0.2, 0.25) is 0 Å². The number of ether oxygens (including phenoxy) is 1. The molecule has 1 fully saturated rings. The van der Waals surface area contributed by atoms with Crippen molar-refractivity contribution in [3.05, 3.63) is 95.6 Å². The van der Waals surface area contributed by atoms with Crippen LogP contribution in [0.5, 0.6) is 0 Å². The highest BCUT2D eigenvalue weighted by atomic mass is 32.2. The van der Waals surface area contributed by atoms with Crippen molar-refractivity contribution >= 4 is 21.7 Å². The minimum absolute atomic E-state index is 0.234. The zero-order valence-electron chi connectivity index (χ0n) is 19.5. The molecule has 1 aliphatic carbocycles. The monoisotopic (exact) mass is 475 g/mol. The van der Waals surface area contributed by atoms with Crippen molar-refractivity contribution in [2.45, 2.75) is 49.0 Å². The number of para-hydroxylation sites is 1. The Hall–Kier alpha value is -3.12. The van der Waals surface area contributed by atoms with Crippen LogP contribution in [0, 0.1) is 12.8 Å². The molecule has 34 heavy (non-hydrogen) atoms. The molecule has 0 unspecified atom stereocenters. The van der Waals surface area contributed by atoms with Crippen molar-refractivity contribution in [3.63, 3.8) is 0 Å². The maximum atomic E-state index is 14.2. The Labute approximate surface area is 201 Å². The predicted molar refractivity (Wildman–Crippen MR) is 132 cm³/mol. The number of nitrogens with zero attached hydrogens (tertiary/aromatic N) is 1. The van der Waals surface area contributed by atoms with Crippen LogP contribution in [0.4, 0.5) is 5.69 Å². The van der Waals surface area contributed by atoms with Gasteiger partial charge in [0, 0.05) is 5.41 Å². The molecule has 0 amide bonds. The third kappa shape index (κ3) is 3.52. The first-order chi connectivity index (χ1) is 16.4.